The van der Waals surface area contributed by atoms with Gasteiger partial charge in [0.15, 0.2) is 9.84 Å². The minimum absolute atomic E-state index is 0.0125. The first-order valence-corrected chi connectivity index (χ1v) is 11.9. The van der Waals surface area contributed by atoms with E-state index in [0.29, 0.717) is 11.0 Å². The van der Waals surface area contributed by atoms with Crippen LogP contribution in [0.25, 0.3) is 0 Å². The molecule has 4 bridgehead atoms. The average molecular weight is 376 g/mol. The number of carbonyl (C=O) groups is 1. The van der Waals surface area contributed by atoms with Crippen LogP contribution in [0.15, 0.2) is 24.3 Å². The van der Waals surface area contributed by atoms with E-state index in [1.54, 1.807) is 24.3 Å². The minimum atomic E-state index is -3.06. The highest BCUT2D eigenvalue weighted by Gasteiger charge is 2.53. The molecule has 4 fully saturated rings. The van der Waals surface area contributed by atoms with E-state index in [9.17, 15) is 13.2 Å². The van der Waals surface area contributed by atoms with Crippen molar-refractivity contribution in [2.75, 3.05) is 6.26 Å². The molecule has 0 spiro atoms. The molecular weight excluding hydrogens is 346 g/mol. The highest BCUT2D eigenvalue weighted by Crippen LogP contribution is 2.61. The summed E-state index contributed by atoms with van der Waals surface area (Å²) in [5.74, 6) is 2.58. The molecule has 26 heavy (non-hydrogen) atoms. The quantitative estimate of drug-likeness (QED) is 0.856. The summed E-state index contributed by atoms with van der Waals surface area (Å²) in [6, 6.07) is 7.15. The molecule has 1 atom stereocenters. The van der Waals surface area contributed by atoms with Crippen LogP contribution in [-0.4, -0.2) is 26.6 Å². The van der Waals surface area contributed by atoms with Crippen LogP contribution in [0, 0.1) is 23.2 Å². The molecule has 0 saturated heterocycles. The molecule has 0 aromatic heterocycles. The van der Waals surface area contributed by atoms with Crippen molar-refractivity contribution < 1.29 is 13.2 Å². The van der Waals surface area contributed by atoms with E-state index < -0.39 is 9.84 Å². The first-order chi connectivity index (χ1) is 12.2. The molecule has 1 aromatic rings. The topological polar surface area (TPSA) is 63.2 Å². The number of hydrogen-bond acceptors (Lipinski definition) is 3. The third-order valence-corrected chi connectivity index (χ3v) is 7.85. The summed E-state index contributed by atoms with van der Waals surface area (Å²) in [4.78, 5) is 12.7. The van der Waals surface area contributed by atoms with Gasteiger partial charge in [-0.25, -0.2) is 8.42 Å². The van der Waals surface area contributed by atoms with Gasteiger partial charge in [-0.15, -0.1) is 0 Å². The molecule has 5 rings (SSSR count). The zero-order chi connectivity index (χ0) is 18.5. The Hall–Kier alpha value is -1.36. The molecule has 1 unspecified atom stereocenters. The van der Waals surface area contributed by atoms with Crippen molar-refractivity contribution in [3.63, 3.8) is 0 Å². The second-order valence-electron chi connectivity index (χ2n) is 9.24. The Kier molecular flexibility index (Phi) is 4.41. The van der Waals surface area contributed by atoms with Crippen LogP contribution in [0.2, 0.25) is 0 Å². The number of benzene rings is 1. The fourth-order valence-corrected chi connectivity index (χ4v) is 6.99. The predicted molar refractivity (Wildman–Crippen MR) is 103 cm³/mol. The molecule has 4 aliphatic carbocycles. The van der Waals surface area contributed by atoms with Crippen LogP contribution >= 0.6 is 0 Å². The first-order valence-electron chi connectivity index (χ1n) is 9.80. The molecule has 5 heteroatoms. The zero-order valence-electron chi connectivity index (χ0n) is 15.7. The summed E-state index contributed by atoms with van der Waals surface area (Å²) in [6.45, 7) is 2.18. The third-order valence-electron chi connectivity index (χ3n) is 7.00. The van der Waals surface area contributed by atoms with Crippen LogP contribution in [-0.2, 0) is 15.6 Å². The van der Waals surface area contributed by atoms with Gasteiger partial charge in [-0.3, -0.25) is 4.79 Å². The van der Waals surface area contributed by atoms with E-state index in [0.717, 1.165) is 23.3 Å². The highest BCUT2D eigenvalue weighted by atomic mass is 32.2. The van der Waals surface area contributed by atoms with Gasteiger partial charge >= 0.3 is 0 Å². The van der Waals surface area contributed by atoms with E-state index in [-0.39, 0.29) is 17.7 Å². The fourth-order valence-electron chi connectivity index (χ4n) is 6.20. The van der Waals surface area contributed by atoms with E-state index in [1.165, 1.54) is 44.8 Å². The van der Waals surface area contributed by atoms with Gasteiger partial charge in [-0.05, 0) is 86.3 Å². The second-order valence-corrected chi connectivity index (χ2v) is 11.4. The fraction of sp³-hybridized carbons (Fsp3) is 0.667. The summed E-state index contributed by atoms with van der Waals surface area (Å²) < 4.78 is 22.8. The number of nitrogens with one attached hydrogen (secondary N) is 1. The molecular formula is C21H29NO3S. The van der Waals surface area contributed by atoms with Gasteiger partial charge in [0.05, 0.1) is 5.75 Å². The molecule has 4 saturated carbocycles. The number of carbonyl (C=O) groups excluding carboxylic acids is 1. The van der Waals surface area contributed by atoms with Gasteiger partial charge < -0.3 is 5.32 Å². The molecule has 0 radical (unpaired) electrons. The van der Waals surface area contributed by atoms with Gasteiger partial charge in [0.1, 0.15) is 0 Å². The van der Waals surface area contributed by atoms with Crippen molar-refractivity contribution in [1.82, 2.24) is 5.32 Å². The van der Waals surface area contributed by atoms with E-state index in [4.69, 9.17) is 0 Å². The minimum Gasteiger partial charge on any atom is -0.349 e. The average Bonchev–Trinajstić information content (AvgIpc) is 2.52. The largest absolute Gasteiger partial charge is 0.349 e. The lowest BCUT2D eigenvalue weighted by Gasteiger charge is -2.59. The Morgan fingerprint density at radius 2 is 1.58 bits per heavy atom. The van der Waals surface area contributed by atoms with Crippen molar-refractivity contribution in [1.29, 1.82) is 0 Å². The Morgan fingerprint density at radius 1 is 1.08 bits per heavy atom. The molecule has 0 heterocycles. The molecule has 4 aliphatic rings. The van der Waals surface area contributed by atoms with Gasteiger partial charge in [0, 0.05) is 17.9 Å². The van der Waals surface area contributed by atoms with Gasteiger partial charge in [-0.1, -0.05) is 12.1 Å². The summed E-state index contributed by atoms with van der Waals surface area (Å²) in [5.41, 5.74) is 1.62. The Labute approximate surface area is 156 Å². The van der Waals surface area contributed by atoms with Crippen molar-refractivity contribution >= 4 is 15.7 Å². The number of hydrogen-bond donors (Lipinski definition) is 1. The summed E-state index contributed by atoms with van der Waals surface area (Å²) in [5, 5.41) is 3.26. The summed E-state index contributed by atoms with van der Waals surface area (Å²) >= 11 is 0. The molecule has 4 nitrogen and oxygen atoms in total. The van der Waals surface area contributed by atoms with Gasteiger partial charge in [0.25, 0.3) is 5.91 Å². The van der Waals surface area contributed by atoms with Crippen LogP contribution < -0.4 is 5.32 Å². The molecule has 0 aliphatic heterocycles. The van der Waals surface area contributed by atoms with Crippen LogP contribution in [0.4, 0.5) is 0 Å². The summed E-state index contributed by atoms with van der Waals surface area (Å²) in [7, 11) is -3.06. The lowest BCUT2D eigenvalue weighted by Crippen LogP contribution is -2.55. The van der Waals surface area contributed by atoms with Crippen molar-refractivity contribution in [3.05, 3.63) is 35.4 Å². The Morgan fingerprint density at radius 3 is 2.04 bits per heavy atom. The molecule has 1 amide bonds. The van der Waals surface area contributed by atoms with Crippen molar-refractivity contribution in [2.45, 2.75) is 57.2 Å². The van der Waals surface area contributed by atoms with Crippen molar-refractivity contribution in [3.8, 4) is 0 Å². The zero-order valence-corrected chi connectivity index (χ0v) is 16.5. The number of sulfone groups is 1. The maximum absolute atomic E-state index is 12.7. The van der Waals surface area contributed by atoms with E-state index in [1.807, 2.05) is 0 Å². The van der Waals surface area contributed by atoms with Crippen molar-refractivity contribution in [2.24, 2.45) is 23.2 Å². The first kappa shape index (κ1) is 18.0. The second kappa shape index (κ2) is 6.36. The molecule has 142 valence electrons. The summed E-state index contributed by atoms with van der Waals surface area (Å²) in [6.07, 6.45) is 9.25. The SMILES string of the molecule is CC(NC(=O)c1ccc(CS(C)(=O)=O)cc1)C12CC3CC(CC(C3)C1)C2. The highest BCUT2D eigenvalue weighted by molar-refractivity contribution is 7.89. The Balaban J connectivity index is 1.43. The smallest absolute Gasteiger partial charge is 0.251 e. The van der Waals surface area contributed by atoms with Crippen LogP contribution in [0.3, 0.4) is 0 Å². The number of amides is 1. The predicted octanol–water partition coefficient (Wildman–Crippen LogP) is 3.57. The standard InChI is InChI=1S/C21H29NO3S/c1-14(21-10-16-7-17(11-21)9-18(8-16)12-21)22-20(23)19-5-3-15(4-6-19)13-26(2,24)25/h3-6,14,16-18H,7-13H2,1-2H3,(H,22,23). The van der Waals surface area contributed by atoms with Crippen LogP contribution in [0.5, 0.6) is 0 Å². The van der Waals surface area contributed by atoms with Crippen LogP contribution in [0.1, 0.15) is 61.4 Å². The number of rotatable bonds is 5. The lowest BCUT2D eigenvalue weighted by atomic mass is 9.48. The van der Waals surface area contributed by atoms with E-state index >= 15 is 0 Å². The maximum atomic E-state index is 12.7. The normalized spacial score (nSPS) is 33.8. The van der Waals surface area contributed by atoms with Gasteiger partial charge in [-0.2, -0.15) is 0 Å². The van der Waals surface area contributed by atoms with Gasteiger partial charge in [0.2, 0.25) is 0 Å². The molecule has 1 N–H and O–H groups in total. The third kappa shape index (κ3) is 3.55. The van der Waals surface area contributed by atoms with E-state index in [2.05, 4.69) is 12.2 Å². The Bertz CT molecular complexity index is 762. The monoisotopic (exact) mass is 375 g/mol. The maximum Gasteiger partial charge on any atom is 0.251 e. The molecule has 1 aromatic carbocycles. The lowest BCUT2D eigenvalue weighted by molar-refractivity contribution is -0.0688.